The molecule has 19 heavy (non-hydrogen) atoms. The van der Waals surface area contributed by atoms with Crippen molar-refractivity contribution in [2.24, 2.45) is 0 Å². The van der Waals surface area contributed by atoms with Gasteiger partial charge in [-0.1, -0.05) is 11.6 Å². The minimum atomic E-state index is 0.414. The third kappa shape index (κ3) is 2.40. The zero-order chi connectivity index (χ0) is 14.2. The summed E-state index contributed by atoms with van der Waals surface area (Å²) >= 11 is 10.5. The summed E-state index contributed by atoms with van der Waals surface area (Å²) in [5.41, 5.74) is 9.72. The lowest BCUT2D eigenvalue weighted by Gasteiger charge is -2.11. The molecule has 1 aromatic carbocycles. The molecule has 0 aliphatic carbocycles. The lowest BCUT2D eigenvalue weighted by molar-refractivity contribution is 1.16. The SMILES string of the molecule is Cc1cc(C)c(C#N)c(-c2ccc(N)c(S)c2Cl)n1. The Morgan fingerprint density at radius 3 is 2.68 bits per heavy atom. The average molecular weight is 290 g/mol. The van der Waals surface area contributed by atoms with Gasteiger partial charge < -0.3 is 5.73 Å². The number of nitrogen functional groups attached to an aromatic ring is 1. The lowest BCUT2D eigenvalue weighted by atomic mass is 10.0. The first-order valence-corrected chi connectivity index (χ1v) is 6.44. The summed E-state index contributed by atoms with van der Waals surface area (Å²) < 4.78 is 0. The highest BCUT2D eigenvalue weighted by Crippen LogP contribution is 2.37. The first-order chi connectivity index (χ1) is 8.95. The maximum absolute atomic E-state index is 9.29. The van der Waals surface area contributed by atoms with Crippen LogP contribution in [0.3, 0.4) is 0 Å². The van der Waals surface area contributed by atoms with Crippen molar-refractivity contribution in [2.75, 3.05) is 5.73 Å². The number of hydrogen-bond donors (Lipinski definition) is 2. The van der Waals surface area contributed by atoms with Crippen molar-refractivity contribution in [1.29, 1.82) is 5.26 Å². The second-order valence-electron chi connectivity index (χ2n) is 4.28. The molecular formula is C14H12ClN3S. The Hall–Kier alpha value is -1.70. The summed E-state index contributed by atoms with van der Waals surface area (Å²) in [6, 6.07) is 7.52. The number of aryl methyl sites for hydroxylation is 2. The molecule has 1 heterocycles. The number of nitrogens with zero attached hydrogens (tertiary/aromatic N) is 2. The van der Waals surface area contributed by atoms with Gasteiger partial charge in [0.2, 0.25) is 0 Å². The quantitative estimate of drug-likeness (QED) is 0.620. The Balaban J connectivity index is 2.80. The number of aromatic nitrogens is 1. The molecule has 2 aromatic rings. The molecule has 0 unspecified atom stereocenters. The van der Waals surface area contributed by atoms with Gasteiger partial charge in [-0.15, -0.1) is 12.6 Å². The Bertz CT molecular complexity index is 705. The van der Waals surface area contributed by atoms with E-state index in [2.05, 4.69) is 23.7 Å². The van der Waals surface area contributed by atoms with Crippen molar-refractivity contribution >= 4 is 29.9 Å². The highest BCUT2D eigenvalue weighted by atomic mass is 35.5. The molecule has 3 nitrogen and oxygen atoms in total. The Labute approximate surface area is 122 Å². The fraction of sp³-hybridized carbons (Fsp3) is 0.143. The summed E-state index contributed by atoms with van der Waals surface area (Å²) in [6.45, 7) is 3.76. The first-order valence-electron chi connectivity index (χ1n) is 5.61. The number of pyridine rings is 1. The average Bonchev–Trinajstić information content (AvgIpc) is 2.35. The standard InChI is InChI=1S/C14H12ClN3S/c1-7-5-8(2)18-13(10(7)6-16)9-3-4-11(17)14(19)12(9)15/h3-5,19H,17H2,1-2H3. The van der Waals surface area contributed by atoms with Crippen molar-refractivity contribution in [3.05, 3.63) is 40.0 Å². The van der Waals surface area contributed by atoms with Crippen LogP contribution in [0.15, 0.2) is 23.1 Å². The van der Waals surface area contributed by atoms with Crippen LogP contribution >= 0.6 is 24.2 Å². The van der Waals surface area contributed by atoms with Crippen molar-refractivity contribution in [3.8, 4) is 17.3 Å². The molecule has 96 valence electrons. The summed E-state index contributed by atoms with van der Waals surface area (Å²) in [5.74, 6) is 0. The van der Waals surface area contributed by atoms with Crippen molar-refractivity contribution in [3.63, 3.8) is 0 Å². The maximum atomic E-state index is 9.29. The number of thiol groups is 1. The summed E-state index contributed by atoms with van der Waals surface area (Å²) in [5, 5.41) is 9.70. The van der Waals surface area contributed by atoms with E-state index in [-0.39, 0.29) is 0 Å². The van der Waals surface area contributed by atoms with E-state index in [9.17, 15) is 5.26 Å². The van der Waals surface area contributed by atoms with E-state index in [1.807, 2.05) is 19.9 Å². The third-order valence-corrected chi connectivity index (χ3v) is 3.87. The van der Waals surface area contributed by atoms with E-state index in [0.717, 1.165) is 11.3 Å². The van der Waals surface area contributed by atoms with Gasteiger partial charge in [-0.25, -0.2) is 0 Å². The molecule has 0 fully saturated rings. The van der Waals surface area contributed by atoms with Gasteiger partial charge in [-0.05, 0) is 37.6 Å². The second kappa shape index (κ2) is 5.12. The Morgan fingerprint density at radius 1 is 1.37 bits per heavy atom. The normalized spacial score (nSPS) is 10.3. The molecule has 0 saturated carbocycles. The van der Waals surface area contributed by atoms with Crippen LogP contribution < -0.4 is 5.73 Å². The molecule has 0 radical (unpaired) electrons. The number of halogens is 1. The van der Waals surface area contributed by atoms with Gasteiger partial charge in [0.15, 0.2) is 0 Å². The molecule has 0 atom stereocenters. The molecule has 0 bridgehead atoms. The molecule has 0 aliphatic heterocycles. The molecule has 2 rings (SSSR count). The lowest BCUT2D eigenvalue weighted by Crippen LogP contribution is -1.97. The van der Waals surface area contributed by atoms with Crippen LogP contribution in [-0.4, -0.2) is 4.98 Å². The van der Waals surface area contributed by atoms with Gasteiger partial charge in [-0.3, -0.25) is 4.98 Å². The van der Waals surface area contributed by atoms with Crippen LogP contribution in [0.2, 0.25) is 5.02 Å². The number of rotatable bonds is 1. The van der Waals surface area contributed by atoms with E-state index in [4.69, 9.17) is 17.3 Å². The zero-order valence-electron chi connectivity index (χ0n) is 10.5. The minimum Gasteiger partial charge on any atom is -0.398 e. The number of benzene rings is 1. The fourth-order valence-electron chi connectivity index (χ4n) is 1.94. The van der Waals surface area contributed by atoms with Gasteiger partial charge >= 0.3 is 0 Å². The van der Waals surface area contributed by atoms with Gasteiger partial charge in [-0.2, -0.15) is 5.26 Å². The fourth-order valence-corrected chi connectivity index (χ4v) is 2.39. The van der Waals surface area contributed by atoms with E-state index >= 15 is 0 Å². The van der Waals surface area contributed by atoms with E-state index in [1.54, 1.807) is 12.1 Å². The summed E-state index contributed by atoms with van der Waals surface area (Å²) in [7, 11) is 0. The highest BCUT2D eigenvalue weighted by Gasteiger charge is 2.16. The van der Waals surface area contributed by atoms with Crippen molar-refractivity contribution < 1.29 is 0 Å². The van der Waals surface area contributed by atoms with Crippen LogP contribution in [0, 0.1) is 25.2 Å². The van der Waals surface area contributed by atoms with Crippen molar-refractivity contribution in [1.82, 2.24) is 4.98 Å². The number of anilines is 1. The first kappa shape index (κ1) is 13.7. The monoisotopic (exact) mass is 289 g/mol. The van der Waals surface area contributed by atoms with Crippen LogP contribution in [0.25, 0.3) is 11.3 Å². The number of nitrogens with two attached hydrogens (primary N) is 1. The van der Waals surface area contributed by atoms with E-state index in [1.165, 1.54) is 0 Å². The molecule has 0 saturated heterocycles. The van der Waals surface area contributed by atoms with E-state index < -0.39 is 0 Å². The number of nitriles is 1. The number of hydrogen-bond acceptors (Lipinski definition) is 4. The third-order valence-electron chi connectivity index (χ3n) is 2.86. The van der Waals surface area contributed by atoms with Crippen LogP contribution in [-0.2, 0) is 0 Å². The molecule has 0 spiro atoms. The highest BCUT2D eigenvalue weighted by molar-refractivity contribution is 7.80. The van der Waals surface area contributed by atoms with Gasteiger partial charge in [0.05, 0.1) is 16.3 Å². The molecule has 5 heteroatoms. The molecule has 2 N–H and O–H groups in total. The maximum Gasteiger partial charge on any atom is 0.102 e. The largest absolute Gasteiger partial charge is 0.398 e. The predicted octanol–water partition coefficient (Wildman–Crippen LogP) is 3.76. The summed E-state index contributed by atoms with van der Waals surface area (Å²) in [4.78, 5) is 4.93. The Kier molecular flexibility index (Phi) is 3.70. The van der Waals surface area contributed by atoms with Gasteiger partial charge in [0.25, 0.3) is 0 Å². The Morgan fingerprint density at radius 2 is 2.05 bits per heavy atom. The second-order valence-corrected chi connectivity index (χ2v) is 5.11. The molecule has 0 aliphatic rings. The smallest absolute Gasteiger partial charge is 0.102 e. The molecule has 1 aromatic heterocycles. The van der Waals surface area contributed by atoms with Gasteiger partial charge in [0, 0.05) is 21.8 Å². The summed E-state index contributed by atoms with van der Waals surface area (Å²) in [6.07, 6.45) is 0. The molecule has 0 amide bonds. The van der Waals surface area contributed by atoms with E-state index in [0.29, 0.717) is 32.4 Å². The minimum absolute atomic E-state index is 0.414. The molecular weight excluding hydrogens is 278 g/mol. The zero-order valence-corrected chi connectivity index (χ0v) is 12.2. The predicted molar refractivity (Wildman–Crippen MR) is 80.5 cm³/mol. The van der Waals surface area contributed by atoms with Crippen LogP contribution in [0.4, 0.5) is 5.69 Å². The van der Waals surface area contributed by atoms with Crippen LogP contribution in [0.5, 0.6) is 0 Å². The van der Waals surface area contributed by atoms with Gasteiger partial charge in [0.1, 0.15) is 6.07 Å². The van der Waals surface area contributed by atoms with Crippen molar-refractivity contribution in [2.45, 2.75) is 18.7 Å². The topological polar surface area (TPSA) is 62.7 Å². The van der Waals surface area contributed by atoms with Crippen LogP contribution in [0.1, 0.15) is 16.8 Å².